The van der Waals surface area contributed by atoms with E-state index in [0.717, 1.165) is 15.2 Å². The van der Waals surface area contributed by atoms with Crippen LogP contribution in [-0.2, 0) is 0 Å². The number of nitrogens with one attached hydrogen (secondary N) is 1. The van der Waals surface area contributed by atoms with Gasteiger partial charge in [-0.25, -0.2) is 15.0 Å². The zero-order valence-electron chi connectivity index (χ0n) is 13.1. The minimum absolute atomic E-state index is 0.355. The maximum absolute atomic E-state index is 6.00. The Hall–Kier alpha value is -0.380. The Kier molecular flexibility index (Phi) is 8.81. The Morgan fingerprint density at radius 2 is 1.91 bits per heavy atom. The molecule has 0 bridgehead atoms. The van der Waals surface area contributed by atoms with E-state index in [-0.39, 0.29) is 0 Å². The van der Waals surface area contributed by atoms with Gasteiger partial charge in [-0.3, -0.25) is 0 Å². The van der Waals surface area contributed by atoms with Gasteiger partial charge in [-0.2, -0.15) is 0 Å². The summed E-state index contributed by atoms with van der Waals surface area (Å²) in [5.74, 6) is 1.50. The standard InChI is InChI=1S/C8H10ClIN2.C6H7BrClN3/c1-5(2)12-8-7(9)6(10)3-4-11-8;1-11(2)6-5(7)9-3-4(8)10-6/h3-5H,1-2H3,(H,11,12);3H,1-2H3. The summed E-state index contributed by atoms with van der Waals surface area (Å²) in [4.78, 5) is 14.0. The maximum atomic E-state index is 6.00. The van der Waals surface area contributed by atoms with Gasteiger partial charge >= 0.3 is 0 Å². The second-order valence-corrected chi connectivity index (χ2v) is 7.63. The van der Waals surface area contributed by atoms with Crippen LogP contribution < -0.4 is 10.2 Å². The van der Waals surface area contributed by atoms with Crippen molar-refractivity contribution in [2.45, 2.75) is 19.9 Å². The Morgan fingerprint density at radius 3 is 2.43 bits per heavy atom. The highest BCUT2D eigenvalue weighted by atomic mass is 127. The zero-order valence-corrected chi connectivity index (χ0v) is 18.4. The van der Waals surface area contributed by atoms with E-state index in [1.54, 1.807) is 6.20 Å². The molecule has 2 rings (SSSR count). The molecule has 5 nitrogen and oxygen atoms in total. The van der Waals surface area contributed by atoms with Crippen molar-refractivity contribution in [1.82, 2.24) is 15.0 Å². The third-order valence-corrected chi connectivity index (χ3v) is 4.71. The Morgan fingerprint density at radius 1 is 1.26 bits per heavy atom. The summed E-state index contributed by atoms with van der Waals surface area (Å²) in [6, 6.07) is 2.24. The summed E-state index contributed by atoms with van der Waals surface area (Å²) >= 11 is 17.1. The van der Waals surface area contributed by atoms with Crippen molar-refractivity contribution < 1.29 is 0 Å². The van der Waals surface area contributed by atoms with Crippen molar-refractivity contribution in [2.75, 3.05) is 24.3 Å². The van der Waals surface area contributed by atoms with Crippen LogP contribution in [0.3, 0.4) is 0 Å². The number of pyridine rings is 1. The Bertz CT molecular complexity index is 655. The first-order valence-corrected chi connectivity index (χ1v) is 9.27. The number of aromatic nitrogens is 3. The van der Waals surface area contributed by atoms with E-state index in [4.69, 9.17) is 23.2 Å². The molecule has 0 saturated heterocycles. The van der Waals surface area contributed by atoms with E-state index in [1.807, 2.05) is 25.1 Å². The molecule has 2 heterocycles. The van der Waals surface area contributed by atoms with Crippen LogP contribution in [0.25, 0.3) is 0 Å². The van der Waals surface area contributed by atoms with Gasteiger partial charge in [0.15, 0.2) is 5.82 Å². The summed E-state index contributed by atoms with van der Waals surface area (Å²) in [7, 11) is 3.76. The van der Waals surface area contributed by atoms with Gasteiger partial charge < -0.3 is 10.2 Å². The highest BCUT2D eigenvalue weighted by Gasteiger charge is 2.05. The van der Waals surface area contributed by atoms with Gasteiger partial charge in [0, 0.05) is 29.9 Å². The fourth-order valence-corrected chi connectivity index (χ4v) is 2.68. The van der Waals surface area contributed by atoms with Crippen LogP contribution in [0.4, 0.5) is 11.6 Å². The minimum atomic E-state index is 0.355. The summed E-state index contributed by atoms with van der Waals surface area (Å²) in [6.45, 7) is 4.11. The van der Waals surface area contributed by atoms with Gasteiger partial charge in [0.05, 0.1) is 11.2 Å². The smallest absolute Gasteiger partial charge is 0.163 e. The highest BCUT2D eigenvalue weighted by Crippen LogP contribution is 2.25. The second kappa shape index (κ2) is 9.80. The first-order chi connectivity index (χ1) is 10.7. The molecule has 0 radical (unpaired) electrons. The average molecular weight is 533 g/mol. The molecule has 2 aromatic heterocycles. The van der Waals surface area contributed by atoms with Gasteiger partial charge in [0.2, 0.25) is 0 Å². The Balaban J connectivity index is 0.000000231. The molecule has 9 heteroatoms. The lowest BCUT2D eigenvalue weighted by Crippen LogP contribution is -2.11. The topological polar surface area (TPSA) is 53.9 Å². The summed E-state index contributed by atoms with van der Waals surface area (Å²) < 4.78 is 1.72. The molecule has 0 fully saturated rings. The van der Waals surface area contributed by atoms with E-state index in [9.17, 15) is 0 Å². The van der Waals surface area contributed by atoms with E-state index < -0.39 is 0 Å². The van der Waals surface area contributed by atoms with Gasteiger partial charge in [-0.15, -0.1) is 0 Å². The lowest BCUT2D eigenvalue weighted by atomic mass is 10.4. The normalized spacial score (nSPS) is 10.1. The molecule has 0 saturated carbocycles. The van der Waals surface area contributed by atoms with E-state index in [1.165, 1.54) is 6.20 Å². The lowest BCUT2D eigenvalue weighted by Gasteiger charge is -2.11. The molecule has 1 N–H and O–H groups in total. The molecule has 0 aliphatic heterocycles. The number of halogens is 4. The molecule has 0 spiro atoms. The van der Waals surface area contributed by atoms with Crippen LogP contribution in [0.15, 0.2) is 23.1 Å². The fourth-order valence-electron chi connectivity index (χ4n) is 1.42. The van der Waals surface area contributed by atoms with Crippen LogP contribution in [0.2, 0.25) is 10.2 Å². The maximum Gasteiger partial charge on any atom is 0.163 e. The van der Waals surface area contributed by atoms with Crippen molar-refractivity contribution in [3.63, 3.8) is 0 Å². The molecule has 23 heavy (non-hydrogen) atoms. The first kappa shape index (κ1) is 20.7. The summed E-state index contributed by atoms with van der Waals surface area (Å²) in [5, 5.41) is 4.27. The van der Waals surface area contributed by atoms with E-state index >= 15 is 0 Å². The quantitative estimate of drug-likeness (QED) is 0.556. The van der Waals surface area contributed by atoms with Gasteiger partial charge in [0.1, 0.15) is 15.6 Å². The fraction of sp³-hybridized carbons (Fsp3) is 0.357. The van der Waals surface area contributed by atoms with E-state index in [2.05, 4.69) is 72.6 Å². The SMILES string of the molecule is CC(C)Nc1nccc(I)c1Cl.CN(C)c1nc(Cl)cnc1Br. The van der Waals surface area contributed by atoms with Crippen molar-refractivity contribution in [3.8, 4) is 0 Å². The molecule has 0 aromatic carbocycles. The lowest BCUT2D eigenvalue weighted by molar-refractivity contribution is 0.889. The summed E-state index contributed by atoms with van der Waals surface area (Å²) in [5.41, 5.74) is 0. The number of rotatable bonds is 3. The predicted octanol–water partition coefficient (Wildman–Crippen LogP) is 5.12. The molecular weight excluding hydrogens is 516 g/mol. The van der Waals surface area contributed by atoms with Crippen LogP contribution in [-0.4, -0.2) is 35.1 Å². The van der Waals surface area contributed by atoms with Crippen LogP contribution in [0.1, 0.15) is 13.8 Å². The van der Waals surface area contributed by atoms with Gasteiger partial charge in [-0.1, -0.05) is 23.2 Å². The van der Waals surface area contributed by atoms with Crippen molar-refractivity contribution in [1.29, 1.82) is 0 Å². The summed E-state index contributed by atoms with van der Waals surface area (Å²) in [6.07, 6.45) is 3.25. The molecular formula is C14H17BrCl2IN5. The molecule has 0 aliphatic carbocycles. The monoisotopic (exact) mass is 531 g/mol. The minimum Gasteiger partial charge on any atom is -0.367 e. The predicted molar refractivity (Wildman–Crippen MR) is 110 cm³/mol. The van der Waals surface area contributed by atoms with E-state index in [0.29, 0.717) is 20.8 Å². The number of nitrogens with zero attached hydrogens (tertiary/aromatic N) is 4. The molecule has 0 unspecified atom stereocenters. The van der Waals surface area contributed by atoms with Crippen LogP contribution in [0.5, 0.6) is 0 Å². The second-order valence-electron chi connectivity index (χ2n) is 4.96. The molecule has 126 valence electrons. The third-order valence-electron chi connectivity index (χ3n) is 2.37. The molecule has 2 aromatic rings. The molecule has 0 atom stereocenters. The molecule has 0 amide bonds. The number of hydrogen-bond acceptors (Lipinski definition) is 5. The number of anilines is 2. The highest BCUT2D eigenvalue weighted by molar-refractivity contribution is 14.1. The third kappa shape index (κ3) is 6.94. The van der Waals surface area contributed by atoms with Crippen LogP contribution in [0, 0.1) is 3.57 Å². The first-order valence-electron chi connectivity index (χ1n) is 6.64. The zero-order chi connectivity index (χ0) is 17.6. The van der Waals surface area contributed by atoms with Crippen molar-refractivity contribution in [3.05, 3.63) is 36.8 Å². The van der Waals surface area contributed by atoms with Gasteiger partial charge in [0.25, 0.3) is 0 Å². The number of hydrogen-bond donors (Lipinski definition) is 1. The largest absolute Gasteiger partial charge is 0.367 e. The van der Waals surface area contributed by atoms with Crippen LogP contribution >= 0.6 is 61.7 Å². The average Bonchev–Trinajstić information content (AvgIpc) is 2.46. The van der Waals surface area contributed by atoms with Crippen molar-refractivity contribution >= 4 is 73.4 Å². The van der Waals surface area contributed by atoms with Gasteiger partial charge in [-0.05, 0) is 58.4 Å². The Labute approximate surface area is 168 Å². The molecule has 0 aliphatic rings. The van der Waals surface area contributed by atoms with Crippen molar-refractivity contribution in [2.24, 2.45) is 0 Å².